The Morgan fingerprint density at radius 3 is 3.21 bits per heavy atom. The highest BCUT2D eigenvalue weighted by atomic mass is 16.1. The standard InChI is InChI=1S/C7H12N6O/c14-6(4-5-2-1-3-8-5)9-7-10-12-13-11-7/h5,8H,1-4H2,(H2,9,10,11,12,13,14). The summed E-state index contributed by atoms with van der Waals surface area (Å²) in [5.74, 6) is 0.152. The van der Waals surface area contributed by atoms with Gasteiger partial charge in [-0.25, -0.2) is 0 Å². The molecule has 1 amide bonds. The van der Waals surface area contributed by atoms with E-state index in [0.29, 0.717) is 12.5 Å². The van der Waals surface area contributed by atoms with Gasteiger partial charge in [0.25, 0.3) is 5.95 Å². The fourth-order valence-corrected chi connectivity index (χ4v) is 1.55. The number of carbonyl (C=O) groups is 1. The van der Waals surface area contributed by atoms with Crippen LogP contribution in [0.4, 0.5) is 5.95 Å². The first-order valence-corrected chi connectivity index (χ1v) is 4.61. The SMILES string of the molecule is O=C(CC1CCCN1)Nc1nn[nH]n1. The van der Waals surface area contributed by atoms with Crippen molar-refractivity contribution in [3.63, 3.8) is 0 Å². The molecule has 0 aromatic carbocycles. The Hall–Kier alpha value is -1.50. The van der Waals surface area contributed by atoms with Crippen LogP contribution < -0.4 is 10.6 Å². The molecule has 7 nitrogen and oxygen atoms in total. The summed E-state index contributed by atoms with van der Waals surface area (Å²) >= 11 is 0. The second-order valence-corrected chi connectivity index (χ2v) is 3.28. The monoisotopic (exact) mass is 196 g/mol. The topological polar surface area (TPSA) is 95.6 Å². The molecule has 1 atom stereocenters. The number of hydrogen-bond acceptors (Lipinski definition) is 5. The van der Waals surface area contributed by atoms with E-state index in [9.17, 15) is 4.79 Å². The van der Waals surface area contributed by atoms with Gasteiger partial charge in [0.15, 0.2) is 0 Å². The second kappa shape index (κ2) is 4.14. The fraction of sp³-hybridized carbons (Fsp3) is 0.714. The first-order chi connectivity index (χ1) is 6.84. The number of anilines is 1. The lowest BCUT2D eigenvalue weighted by molar-refractivity contribution is -0.116. The molecule has 1 unspecified atom stereocenters. The summed E-state index contributed by atoms with van der Waals surface area (Å²) in [6.45, 7) is 1.00. The average molecular weight is 196 g/mol. The number of nitrogens with one attached hydrogen (secondary N) is 3. The average Bonchev–Trinajstić information content (AvgIpc) is 2.76. The van der Waals surface area contributed by atoms with Gasteiger partial charge in [-0.3, -0.25) is 10.1 Å². The van der Waals surface area contributed by atoms with Crippen LogP contribution in [0.25, 0.3) is 0 Å². The quantitative estimate of drug-likeness (QED) is 0.593. The molecule has 2 rings (SSSR count). The molecule has 2 heterocycles. The Morgan fingerprint density at radius 1 is 1.64 bits per heavy atom. The predicted octanol–water partition coefficient (Wildman–Crippen LogP) is -0.720. The van der Waals surface area contributed by atoms with E-state index in [2.05, 4.69) is 31.3 Å². The number of hydrogen-bond donors (Lipinski definition) is 3. The Kier molecular flexibility index (Phi) is 2.68. The summed E-state index contributed by atoms with van der Waals surface area (Å²) in [4.78, 5) is 11.4. The lowest BCUT2D eigenvalue weighted by Crippen LogP contribution is -2.27. The normalized spacial score (nSPS) is 21.0. The van der Waals surface area contributed by atoms with Crippen LogP contribution in [0, 0.1) is 0 Å². The van der Waals surface area contributed by atoms with Gasteiger partial charge in [0.2, 0.25) is 5.91 Å². The van der Waals surface area contributed by atoms with Crippen LogP contribution in [-0.4, -0.2) is 39.1 Å². The van der Waals surface area contributed by atoms with Crippen molar-refractivity contribution in [2.24, 2.45) is 0 Å². The van der Waals surface area contributed by atoms with Crippen molar-refractivity contribution in [1.82, 2.24) is 25.9 Å². The molecule has 1 aliphatic rings. The maximum absolute atomic E-state index is 11.4. The maximum Gasteiger partial charge on any atom is 0.269 e. The first-order valence-electron chi connectivity index (χ1n) is 4.61. The van der Waals surface area contributed by atoms with Crippen LogP contribution in [0.15, 0.2) is 0 Å². The number of aromatic amines is 1. The molecular weight excluding hydrogens is 184 g/mol. The van der Waals surface area contributed by atoms with Gasteiger partial charge >= 0.3 is 0 Å². The zero-order valence-electron chi connectivity index (χ0n) is 7.66. The van der Waals surface area contributed by atoms with E-state index in [1.165, 1.54) is 0 Å². The van der Waals surface area contributed by atoms with Gasteiger partial charge in [-0.1, -0.05) is 5.10 Å². The molecule has 1 saturated heterocycles. The molecular formula is C7H12N6O. The number of H-pyrrole nitrogens is 1. The summed E-state index contributed by atoms with van der Waals surface area (Å²) in [5.41, 5.74) is 0. The van der Waals surface area contributed by atoms with Crippen molar-refractivity contribution in [3.05, 3.63) is 0 Å². The molecule has 1 fully saturated rings. The van der Waals surface area contributed by atoms with E-state index < -0.39 is 0 Å². The third kappa shape index (κ3) is 2.25. The minimum atomic E-state index is -0.0780. The van der Waals surface area contributed by atoms with Crippen molar-refractivity contribution in [3.8, 4) is 0 Å². The summed E-state index contributed by atoms with van der Waals surface area (Å²) in [6.07, 6.45) is 2.66. The molecule has 0 bridgehead atoms. The molecule has 3 N–H and O–H groups in total. The zero-order valence-corrected chi connectivity index (χ0v) is 7.66. The molecule has 1 aliphatic heterocycles. The van der Waals surface area contributed by atoms with Gasteiger partial charge in [-0.2, -0.15) is 5.21 Å². The third-order valence-electron chi connectivity index (χ3n) is 2.19. The Morgan fingerprint density at radius 2 is 2.57 bits per heavy atom. The van der Waals surface area contributed by atoms with Gasteiger partial charge in [0.1, 0.15) is 0 Å². The van der Waals surface area contributed by atoms with E-state index in [0.717, 1.165) is 19.4 Å². The first kappa shape index (κ1) is 9.07. The fourth-order valence-electron chi connectivity index (χ4n) is 1.55. The highest BCUT2D eigenvalue weighted by Gasteiger charge is 2.18. The number of carbonyl (C=O) groups excluding carboxylic acids is 1. The number of tetrazole rings is 1. The minimum Gasteiger partial charge on any atom is -0.313 e. The van der Waals surface area contributed by atoms with E-state index in [4.69, 9.17) is 0 Å². The number of nitrogens with zero attached hydrogens (tertiary/aromatic N) is 3. The Balaban J connectivity index is 1.78. The van der Waals surface area contributed by atoms with E-state index in [1.54, 1.807) is 0 Å². The molecule has 0 aliphatic carbocycles. The second-order valence-electron chi connectivity index (χ2n) is 3.28. The minimum absolute atomic E-state index is 0.0780. The van der Waals surface area contributed by atoms with Crippen molar-refractivity contribution < 1.29 is 4.79 Å². The molecule has 1 aromatic rings. The molecule has 7 heteroatoms. The van der Waals surface area contributed by atoms with Crippen LogP contribution in [0.5, 0.6) is 0 Å². The molecule has 76 valence electrons. The van der Waals surface area contributed by atoms with Gasteiger partial charge in [0, 0.05) is 12.5 Å². The van der Waals surface area contributed by atoms with E-state index in [-0.39, 0.29) is 11.9 Å². The van der Waals surface area contributed by atoms with Crippen molar-refractivity contribution in [1.29, 1.82) is 0 Å². The van der Waals surface area contributed by atoms with E-state index in [1.807, 2.05) is 0 Å². The van der Waals surface area contributed by atoms with E-state index >= 15 is 0 Å². The predicted molar refractivity (Wildman–Crippen MR) is 48.4 cm³/mol. The van der Waals surface area contributed by atoms with Crippen molar-refractivity contribution in [2.75, 3.05) is 11.9 Å². The molecule has 14 heavy (non-hydrogen) atoms. The summed E-state index contributed by atoms with van der Waals surface area (Å²) in [7, 11) is 0. The number of rotatable bonds is 3. The van der Waals surface area contributed by atoms with Crippen LogP contribution >= 0.6 is 0 Å². The lowest BCUT2D eigenvalue weighted by atomic mass is 10.1. The van der Waals surface area contributed by atoms with Crippen LogP contribution in [-0.2, 0) is 4.79 Å². The van der Waals surface area contributed by atoms with Gasteiger partial charge in [-0.05, 0) is 24.6 Å². The Bertz CT molecular complexity index is 291. The lowest BCUT2D eigenvalue weighted by Gasteiger charge is -2.07. The number of amides is 1. The van der Waals surface area contributed by atoms with Gasteiger partial charge in [0.05, 0.1) is 0 Å². The highest BCUT2D eigenvalue weighted by molar-refractivity contribution is 5.89. The molecule has 0 saturated carbocycles. The summed E-state index contributed by atoms with van der Waals surface area (Å²) in [5, 5.41) is 18.7. The van der Waals surface area contributed by atoms with Crippen LogP contribution in [0.2, 0.25) is 0 Å². The smallest absolute Gasteiger partial charge is 0.269 e. The summed E-state index contributed by atoms with van der Waals surface area (Å²) in [6, 6.07) is 0.293. The van der Waals surface area contributed by atoms with Crippen LogP contribution in [0.1, 0.15) is 19.3 Å². The highest BCUT2D eigenvalue weighted by Crippen LogP contribution is 2.09. The maximum atomic E-state index is 11.4. The number of aromatic nitrogens is 4. The van der Waals surface area contributed by atoms with Gasteiger partial charge < -0.3 is 5.32 Å². The Labute approximate surface area is 80.6 Å². The van der Waals surface area contributed by atoms with Gasteiger partial charge in [-0.15, -0.1) is 5.10 Å². The zero-order chi connectivity index (χ0) is 9.80. The largest absolute Gasteiger partial charge is 0.313 e. The van der Waals surface area contributed by atoms with Crippen molar-refractivity contribution >= 4 is 11.9 Å². The van der Waals surface area contributed by atoms with Crippen LogP contribution in [0.3, 0.4) is 0 Å². The third-order valence-corrected chi connectivity index (χ3v) is 2.19. The summed E-state index contributed by atoms with van der Waals surface area (Å²) < 4.78 is 0. The van der Waals surface area contributed by atoms with Crippen molar-refractivity contribution in [2.45, 2.75) is 25.3 Å². The molecule has 0 radical (unpaired) electrons. The molecule has 0 spiro atoms. The molecule has 1 aromatic heterocycles.